The van der Waals surface area contributed by atoms with Gasteiger partial charge in [0.25, 0.3) is 0 Å². The fourth-order valence-corrected chi connectivity index (χ4v) is 1.43. The van der Waals surface area contributed by atoms with Gasteiger partial charge in [0, 0.05) is 6.42 Å². The van der Waals surface area contributed by atoms with Crippen molar-refractivity contribution in [2.24, 2.45) is 0 Å². The van der Waals surface area contributed by atoms with Crippen molar-refractivity contribution in [3.63, 3.8) is 0 Å². The van der Waals surface area contributed by atoms with Crippen LogP contribution in [-0.2, 0) is 4.74 Å². The quantitative estimate of drug-likeness (QED) is 0.494. The van der Waals surface area contributed by atoms with Gasteiger partial charge in [0.1, 0.15) is 5.75 Å². The largest absolute Gasteiger partial charge is 0.465 e. The summed E-state index contributed by atoms with van der Waals surface area (Å²) in [5.41, 5.74) is 1.09. The summed E-state index contributed by atoms with van der Waals surface area (Å²) < 4.78 is 11.4. The van der Waals surface area contributed by atoms with Crippen LogP contribution >= 0.6 is 0 Å². The fraction of sp³-hybridized carbons (Fsp3) is 0.467. The second-order valence-electron chi connectivity index (χ2n) is 3.95. The highest BCUT2D eigenvalue weighted by atomic mass is 16.7. The van der Waals surface area contributed by atoms with Gasteiger partial charge in [-0.2, -0.15) is 0 Å². The number of benzene rings is 1. The fourth-order valence-electron chi connectivity index (χ4n) is 1.43. The Hall–Kier alpha value is -1.28. The Kier molecular flexibility index (Phi) is 6.41. The number of unbranched alkanes of at least 4 members (excludes halogenated alkanes) is 1. The third-order valence-electron chi connectivity index (χ3n) is 2.52. The molecule has 0 aromatic heterocycles. The first-order chi connectivity index (χ1) is 8.30. The van der Waals surface area contributed by atoms with Gasteiger partial charge >= 0.3 is 0 Å². The summed E-state index contributed by atoms with van der Waals surface area (Å²) >= 11 is 0. The van der Waals surface area contributed by atoms with E-state index in [1.807, 2.05) is 30.3 Å². The molecule has 1 unspecified atom stereocenters. The van der Waals surface area contributed by atoms with E-state index in [-0.39, 0.29) is 6.29 Å². The van der Waals surface area contributed by atoms with E-state index in [0.717, 1.165) is 37.2 Å². The molecular weight excluding hydrogens is 212 g/mol. The normalized spacial score (nSPS) is 12.1. The first-order valence-corrected chi connectivity index (χ1v) is 6.30. The predicted octanol–water partition coefficient (Wildman–Crippen LogP) is 4.26. The first-order valence-electron chi connectivity index (χ1n) is 6.30. The van der Waals surface area contributed by atoms with Crippen molar-refractivity contribution in [3.05, 3.63) is 36.4 Å². The molecule has 0 N–H and O–H groups in total. The van der Waals surface area contributed by atoms with Crippen molar-refractivity contribution in [1.29, 1.82) is 0 Å². The maximum atomic E-state index is 5.75. The lowest BCUT2D eigenvalue weighted by atomic mass is 10.2. The molecule has 0 fully saturated rings. The van der Waals surface area contributed by atoms with Crippen LogP contribution in [0.1, 0.15) is 38.7 Å². The van der Waals surface area contributed by atoms with Crippen LogP contribution in [0, 0.1) is 0 Å². The van der Waals surface area contributed by atoms with Gasteiger partial charge < -0.3 is 9.47 Å². The Morgan fingerprint density at radius 3 is 2.47 bits per heavy atom. The van der Waals surface area contributed by atoms with Gasteiger partial charge in [-0.1, -0.05) is 45.1 Å². The average Bonchev–Trinajstić information content (AvgIpc) is 2.38. The summed E-state index contributed by atoms with van der Waals surface area (Å²) in [5.74, 6) is 0.846. The lowest BCUT2D eigenvalue weighted by Gasteiger charge is -2.18. The monoisotopic (exact) mass is 234 g/mol. The highest BCUT2D eigenvalue weighted by Gasteiger charge is 2.07. The first kappa shape index (κ1) is 13.8. The van der Waals surface area contributed by atoms with Crippen LogP contribution in [0.5, 0.6) is 5.75 Å². The summed E-state index contributed by atoms with van der Waals surface area (Å²) in [6.45, 7) is 8.70. The SMILES string of the molecule is C=Cc1ccc(OC(CC)OCCCC)cc1. The van der Waals surface area contributed by atoms with Crippen LogP contribution in [0.25, 0.3) is 6.08 Å². The number of rotatable bonds is 8. The minimum absolute atomic E-state index is 0.142. The van der Waals surface area contributed by atoms with Crippen LogP contribution in [0.2, 0.25) is 0 Å². The Bertz CT molecular complexity index is 316. The summed E-state index contributed by atoms with van der Waals surface area (Å²) in [4.78, 5) is 0. The third-order valence-corrected chi connectivity index (χ3v) is 2.52. The molecule has 0 aliphatic heterocycles. The van der Waals surface area contributed by atoms with Gasteiger partial charge in [-0.25, -0.2) is 0 Å². The van der Waals surface area contributed by atoms with Crippen molar-refractivity contribution in [1.82, 2.24) is 0 Å². The van der Waals surface area contributed by atoms with Crippen LogP contribution < -0.4 is 4.74 Å². The van der Waals surface area contributed by atoms with Crippen molar-refractivity contribution in [2.75, 3.05) is 6.61 Å². The summed E-state index contributed by atoms with van der Waals surface area (Å²) in [5, 5.41) is 0. The summed E-state index contributed by atoms with van der Waals surface area (Å²) in [7, 11) is 0. The van der Waals surface area contributed by atoms with E-state index in [0.29, 0.717) is 0 Å². The maximum Gasteiger partial charge on any atom is 0.199 e. The van der Waals surface area contributed by atoms with Gasteiger partial charge in [-0.3, -0.25) is 0 Å². The minimum Gasteiger partial charge on any atom is -0.465 e. The van der Waals surface area contributed by atoms with Gasteiger partial charge in [-0.15, -0.1) is 0 Å². The van der Waals surface area contributed by atoms with Crippen molar-refractivity contribution < 1.29 is 9.47 Å². The zero-order valence-corrected chi connectivity index (χ0v) is 10.8. The molecular formula is C15H22O2. The molecule has 1 atom stereocenters. The highest BCUT2D eigenvalue weighted by Crippen LogP contribution is 2.16. The lowest BCUT2D eigenvalue weighted by Crippen LogP contribution is -2.20. The second kappa shape index (κ2) is 7.91. The number of hydrogen-bond donors (Lipinski definition) is 0. The van der Waals surface area contributed by atoms with E-state index < -0.39 is 0 Å². The van der Waals surface area contributed by atoms with E-state index in [4.69, 9.17) is 9.47 Å². The molecule has 0 saturated heterocycles. The topological polar surface area (TPSA) is 18.5 Å². The molecule has 2 nitrogen and oxygen atoms in total. The standard InChI is InChI=1S/C15H22O2/c1-4-7-12-16-15(6-3)17-14-10-8-13(5-2)9-11-14/h5,8-11,15H,2,4,6-7,12H2,1,3H3. The molecule has 0 amide bonds. The average molecular weight is 234 g/mol. The minimum atomic E-state index is -0.142. The Morgan fingerprint density at radius 2 is 1.94 bits per heavy atom. The van der Waals surface area contributed by atoms with E-state index >= 15 is 0 Å². The highest BCUT2D eigenvalue weighted by molar-refractivity contribution is 5.48. The van der Waals surface area contributed by atoms with Crippen LogP contribution in [0.15, 0.2) is 30.8 Å². The molecule has 0 spiro atoms. The van der Waals surface area contributed by atoms with Crippen molar-refractivity contribution in [3.8, 4) is 5.75 Å². The van der Waals surface area contributed by atoms with Crippen LogP contribution in [0.3, 0.4) is 0 Å². The molecule has 0 bridgehead atoms. The van der Waals surface area contributed by atoms with Gasteiger partial charge in [0.2, 0.25) is 0 Å². The molecule has 1 rings (SSSR count). The van der Waals surface area contributed by atoms with E-state index in [1.165, 1.54) is 0 Å². The smallest absolute Gasteiger partial charge is 0.199 e. The molecule has 17 heavy (non-hydrogen) atoms. The Labute approximate surface area is 104 Å². The van der Waals surface area contributed by atoms with Crippen LogP contribution in [-0.4, -0.2) is 12.9 Å². The molecule has 0 aliphatic rings. The Morgan fingerprint density at radius 1 is 1.24 bits per heavy atom. The third kappa shape index (κ3) is 5.05. The second-order valence-corrected chi connectivity index (χ2v) is 3.95. The predicted molar refractivity (Wildman–Crippen MR) is 72.1 cm³/mol. The molecule has 0 saturated carbocycles. The van der Waals surface area contributed by atoms with Gasteiger partial charge in [0.05, 0.1) is 6.61 Å². The molecule has 0 aliphatic carbocycles. The van der Waals surface area contributed by atoms with Gasteiger partial charge in [0.15, 0.2) is 6.29 Å². The summed E-state index contributed by atoms with van der Waals surface area (Å²) in [6.07, 6.45) is 4.75. The number of ether oxygens (including phenoxy) is 2. The maximum absolute atomic E-state index is 5.75. The molecule has 0 radical (unpaired) electrons. The van der Waals surface area contributed by atoms with Gasteiger partial charge in [-0.05, 0) is 24.1 Å². The molecule has 1 aromatic rings. The van der Waals surface area contributed by atoms with E-state index in [2.05, 4.69) is 20.4 Å². The summed E-state index contributed by atoms with van der Waals surface area (Å²) in [6, 6.07) is 7.87. The molecule has 94 valence electrons. The molecule has 2 heteroatoms. The zero-order chi connectivity index (χ0) is 12.5. The van der Waals surface area contributed by atoms with Crippen molar-refractivity contribution >= 4 is 6.08 Å². The van der Waals surface area contributed by atoms with E-state index in [9.17, 15) is 0 Å². The van der Waals surface area contributed by atoms with Crippen LogP contribution in [0.4, 0.5) is 0 Å². The lowest BCUT2D eigenvalue weighted by molar-refractivity contribution is -0.0822. The number of hydrogen-bond acceptors (Lipinski definition) is 2. The Balaban J connectivity index is 2.45. The van der Waals surface area contributed by atoms with E-state index in [1.54, 1.807) is 0 Å². The van der Waals surface area contributed by atoms with Crippen molar-refractivity contribution in [2.45, 2.75) is 39.4 Å². The molecule has 0 heterocycles. The zero-order valence-electron chi connectivity index (χ0n) is 10.8. The molecule has 1 aromatic carbocycles.